The van der Waals surface area contributed by atoms with Gasteiger partial charge in [0.1, 0.15) is 6.54 Å². The summed E-state index contributed by atoms with van der Waals surface area (Å²) in [5, 5.41) is 0. The lowest BCUT2D eigenvalue weighted by atomic mass is 10.2. The van der Waals surface area contributed by atoms with E-state index in [1.807, 2.05) is 40.9 Å². The first-order valence-corrected chi connectivity index (χ1v) is 6.55. The summed E-state index contributed by atoms with van der Waals surface area (Å²) in [7, 11) is 0. The third kappa shape index (κ3) is 1.04. The Hall–Kier alpha value is -2.62. The number of benzene rings is 1. The fourth-order valence-electron chi connectivity index (χ4n) is 3.17. The van der Waals surface area contributed by atoms with Gasteiger partial charge in [-0.25, -0.2) is 9.55 Å². The molecular weight excluding hydrogens is 248 g/mol. The second kappa shape index (κ2) is 3.28. The minimum atomic E-state index is -2.23. The maximum Gasteiger partial charge on any atom is 0.315 e. The number of aromatic nitrogens is 4. The molecule has 96 valence electrons. The average Bonchev–Trinajstić information content (AvgIpc) is 3.11. The van der Waals surface area contributed by atoms with Gasteiger partial charge in [-0.05, 0) is 18.2 Å². The largest absolute Gasteiger partial charge is 0.315 e. The molecule has 0 N–H and O–H groups in total. The van der Waals surface area contributed by atoms with E-state index in [-0.39, 0.29) is 0 Å². The van der Waals surface area contributed by atoms with Crippen molar-refractivity contribution in [2.45, 2.75) is 6.54 Å². The Labute approximate surface area is 119 Å². The Morgan fingerprint density at radius 2 is 2.10 bits per heavy atom. The van der Waals surface area contributed by atoms with Gasteiger partial charge in [0.15, 0.2) is 17.4 Å². The second-order valence-corrected chi connectivity index (χ2v) is 5.11. The van der Waals surface area contributed by atoms with E-state index in [1.54, 1.807) is 6.20 Å². The van der Waals surface area contributed by atoms with Crippen LogP contribution in [0.4, 0.5) is 0 Å². The van der Waals surface area contributed by atoms with Gasteiger partial charge in [-0.15, -0.1) is 0 Å². The van der Waals surface area contributed by atoms with Crippen LogP contribution in [-0.2, 0) is 13.5 Å². The molecule has 4 heteroatoms. The molecule has 0 bridgehead atoms. The highest BCUT2D eigenvalue weighted by Gasteiger charge is 2.33. The number of fused-ring (bicyclic) bond motifs is 7. The molecule has 0 fully saturated rings. The van der Waals surface area contributed by atoms with Gasteiger partial charge in [-0.1, -0.05) is 18.2 Å². The van der Waals surface area contributed by atoms with Crippen molar-refractivity contribution in [1.29, 1.82) is 0 Å². The van der Waals surface area contributed by atoms with E-state index in [0.717, 1.165) is 29.1 Å². The first kappa shape index (κ1) is 7.85. The number of imidazole rings is 2. The van der Waals surface area contributed by atoms with Crippen molar-refractivity contribution >= 4 is 16.7 Å². The summed E-state index contributed by atoms with van der Waals surface area (Å²) in [4.78, 5) is 4.51. The average molecular weight is 264 g/mol. The molecule has 1 aliphatic rings. The molecule has 0 atom stereocenters. The maximum atomic E-state index is 7.91. The van der Waals surface area contributed by atoms with Crippen molar-refractivity contribution < 1.29 is 8.68 Å². The van der Waals surface area contributed by atoms with Crippen LogP contribution in [0.5, 0.6) is 0 Å². The van der Waals surface area contributed by atoms with Gasteiger partial charge in [0.05, 0.1) is 5.52 Å². The van der Waals surface area contributed by atoms with E-state index in [9.17, 15) is 0 Å². The van der Waals surface area contributed by atoms with Gasteiger partial charge in [0.25, 0.3) is 0 Å². The Bertz CT molecular complexity index is 1090. The summed E-state index contributed by atoms with van der Waals surface area (Å²) < 4.78 is 29.2. The molecule has 5 rings (SSSR count). The van der Waals surface area contributed by atoms with E-state index >= 15 is 0 Å². The number of hydrogen-bond donors (Lipinski definition) is 0. The normalized spacial score (nSPS) is 15.9. The van der Waals surface area contributed by atoms with Gasteiger partial charge in [-0.3, -0.25) is 0 Å². The molecular formula is C16H13N4+. The van der Waals surface area contributed by atoms with Crippen LogP contribution >= 0.6 is 0 Å². The van der Waals surface area contributed by atoms with Crippen molar-refractivity contribution in [1.82, 2.24) is 14.0 Å². The molecule has 0 aliphatic carbocycles. The number of aryl methyl sites for hydroxylation is 1. The Kier molecular flexibility index (Phi) is 1.29. The van der Waals surface area contributed by atoms with Crippen molar-refractivity contribution in [3.63, 3.8) is 0 Å². The molecule has 4 nitrogen and oxygen atoms in total. The molecule has 0 amide bonds. The van der Waals surface area contributed by atoms with E-state index in [4.69, 9.17) is 4.11 Å². The van der Waals surface area contributed by atoms with Crippen LogP contribution in [-0.4, -0.2) is 14.0 Å². The Balaban J connectivity index is 2.00. The van der Waals surface area contributed by atoms with Crippen LogP contribution in [0.3, 0.4) is 0 Å². The van der Waals surface area contributed by atoms with Crippen LogP contribution < -0.4 is 4.57 Å². The van der Waals surface area contributed by atoms with Crippen molar-refractivity contribution in [3.05, 3.63) is 54.4 Å². The lowest BCUT2D eigenvalue weighted by Gasteiger charge is -1.92. The van der Waals surface area contributed by atoms with Crippen LogP contribution in [0, 0.1) is 0 Å². The minimum absolute atomic E-state index is 0.664. The predicted octanol–water partition coefficient (Wildman–Crippen LogP) is 2.14. The molecule has 4 heterocycles. The van der Waals surface area contributed by atoms with E-state index in [1.165, 1.54) is 4.57 Å². The number of nitrogens with zero attached hydrogens (tertiary/aromatic N) is 4. The fourth-order valence-corrected chi connectivity index (χ4v) is 3.17. The standard InChI is InChI=1S/C16H13N4/c1-18-12-6-2-3-7-13(12)20-14(18)10-19-9-11-5-4-8-17-15(11)16(19)20/h2-8,10H,9H2,1H3/q+1/i1D3. The number of hydrogen-bond acceptors (Lipinski definition) is 1. The van der Waals surface area contributed by atoms with Crippen LogP contribution in [0.1, 0.15) is 9.68 Å². The molecule has 20 heavy (non-hydrogen) atoms. The first-order chi connectivity index (χ1) is 11.1. The first-order valence-electron chi connectivity index (χ1n) is 8.05. The van der Waals surface area contributed by atoms with Gasteiger partial charge < -0.3 is 4.57 Å². The topological polar surface area (TPSA) is 26.1 Å². The van der Waals surface area contributed by atoms with Gasteiger partial charge in [-0.2, -0.15) is 4.40 Å². The minimum Gasteiger partial charge on any atom is -0.305 e. The zero-order valence-corrected chi connectivity index (χ0v) is 10.6. The molecule has 1 aromatic carbocycles. The van der Waals surface area contributed by atoms with Gasteiger partial charge in [0.2, 0.25) is 5.65 Å². The van der Waals surface area contributed by atoms with Crippen molar-refractivity contribution in [3.8, 4) is 11.5 Å². The van der Waals surface area contributed by atoms with Crippen LogP contribution in [0.15, 0.2) is 48.8 Å². The van der Waals surface area contributed by atoms with E-state index in [2.05, 4.69) is 15.6 Å². The summed E-state index contributed by atoms with van der Waals surface area (Å²) in [5.41, 5.74) is 4.32. The molecule has 4 aromatic rings. The Morgan fingerprint density at radius 3 is 3.00 bits per heavy atom. The predicted molar refractivity (Wildman–Crippen MR) is 76.4 cm³/mol. The number of rotatable bonds is 0. The molecule has 0 saturated carbocycles. The number of para-hydroxylation sites is 2. The van der Waals surface area contributed by atoms with Crippen molar-refractivity contribution in [2.24, 2.45) is 6.98 Å². The lowest BCUT2D eigenvalue weighted by Crippen LogP contribution is -2.29. The summed E-state index contributed by atoms with van der Waals surface area (Å²) in [6, 6.07) is 11.6. The molecule has 0 radical (unpaired) electrons. The van der Waals surface area contributed by atoms with Crippen molar-refractivity contribution in [2.75, 3.05) is 0 Å². The smallest absolute Gasteiger partial charge is 0.305 e. The maximum absolute atomic E-state index is 7.91. The summed E-state index contributed by atoms with van der Waals surface area (Å²) in [6.45, 7) is -1.51. The highest BCUT2D eigenvalue weighted by Crippen LogP contribution is 2.30. The SMILES string of the molecule is [2H]C([2H])([2H])n1c2ccccc2n2c3[n+](cc12)Cc1cccnc1-3. The quantitative estimate of drug-likeness (QED) is 0.394. The molecule has 0 unspecified atom stereocenters. The summed E-state index contributed by atoms with van der Waals surface area (Å²) in [5.74, 6) is 0.940. The zero-order valence-electron chi connectivity index (χ0n) is 13.6. The third-order valence-electron chi connectivity index (χ3n) is 4.02. The fraction of sp³-hybridized carbons (Fsp3) is 0.125. The highest BCUT2D eigenvalue weighted by molar-refractivity contribution is 5.83. The number of pyridine rings is 1. The summed E-state index contributed by atoms with van der Waals surface area (Å²) >= 11 is 0. The van der Waals surface area contributed by atoms with E-state index < -0.39 is 6.98 Å². The molecule has 0 spiro atoms. The van der Waals surface area contributed by atoms with E-state index in [0.29, 0.717) is 11.2 Å². The molecule has 1 aliphatic heterocycles. The lowest BCUT2D eigenvalue weighted by molar-refractivity contribution is -0.670. The Morgan fingerprint density at radius 1 is 1.20 bits per heavy atom. The summed E-state index contributed by atoms with van der Waals surface area (Å²) in [6.07, 6.45) is 3.68. The monoisotopic (exact) mass is 264 g/mol. The third-order valence-corrected chi connectivity index (χ3v) is 4.02. The van der Waals surface area contributed by atoms with Gasteiger partial charge in [0, 0.05) is 22.8 Å². The molecule has 0 saturated heterocycles. The van der Waals surface area contributed by atoms with Crippen LogP contribution in [0.25, 0.3) is 28.2 Å². The molecule has 3 aromatic heterocycles. The van der Waals surface area contributed by atoms with Crippen LogP contribution in [0.2, 0.25) is 0 Å². The highest BCUT2D eigenvalue weighted by atomic mass is 15.2. The second-order valence-electron chi connectivity index (χ2n) is 5.11. The van der Waals surface area contributed by atoms with Gasteiger partial charge >= 0.3 is 5.82 Å². The zero-order chi connectivity index (χ0) is 15.8.